The minimum Gasteiger partial charge on any atom is -0.470 e. The second-order valence-corrected chi connectivity index (χ2v) is 3.44. The average molecular weight is 220 g/mol. The van der Waals surface area contributed by atoms with E-state index in [0.717, 1.165) is 13.1 Å². The molecule has 1 aliphatic rings. The van der Waals surface area contributed by atoms with E-state index in [1.807, 2.05) is 0 Å². The minimum atomic E-state index is 0.142. The van der Waals surface area contributed by atoms with Crippen LogP contribution in [0.5, 0.6) is 5.88 Å². The Morgan fingerprint density at radius 3 is 2.85 bits per heavy atom. The van der Waals surface area contributed by atoms with Crippen molar-refractivity contribution < 1.29 is 4.74 Å². The van der Waals surface area contributed by atoms with Crippen LogP contribution in [0, 0.1) is 0 Å². The van der Waals surface area contributed by atoms with Gasteiger partial charge in [0.15, 0.2) is 0 Å². The molecule has 6 heteroatoms. The van der Waals surface area contributed by atoms with E-state index >= 15 is 0 Å². The van der Waals surface area contributed by atoms with Gasteiger partial charge in [0.05, 0.1) is 6.20 Å². The molecule has 1 fully saturated rings. The SMILES string of the molecule is Clc1ncc(Cl)c(OC2CNC2)n1. The Bertz CT molecular complexity index is 317. The molecule has 0 aliphatic carbocycles. The fourth-order valence-corrected chi connectivity index (χ4v) is 1.18. The van der Waals surface area contributed by atoms with Crippen LogP contribution in [0.4, 0.5) is 0 Å². The maximum absolute atomic E-state index is 5.79. The maximum Gasteiger partial charge on any atom is 0.237 e. The summed E-state index contributed by atoms with van der Waals surface area (Å²) >= 11 is 11.4. The monoisotopic (exact) mass is 219 g/mol. The highest BCUT2D eigenvalue weighted by molar-refractivity contribution is 6.32. The first-order valence-electron chi connectivity index (χ1n) is 3.81. The molecule has 0 bridgehead atoms. The summed E-state index contributed by atoms with van der Waals surface area (Å²) in [5, 5.41) is 3.60. The number of hydrogen-bond acceptors (Lipinski definition) is 4. The van der Waals surface area contributed by atoms with E-state index in [0.29, 0.717) is 10.9 Å². The van der Waals surface area contributed by atoms with Crippen molar-refractivity contribution in [2.45, 2.75) is 6.10 Å². The normalized spacial score (nSPS) is 16.8. The summed E-state index contributed by atoms with van der Waals surface area (Å²) in [7, 11) is 0. The molecule has 0 atom stereocenters. The largest absolute Gasteiger partial charge is 0.470 e. The van der Waals surface area contributed by atoms with E-state index in [2.05, 4.69) is 15.3 Å². The molecular formula is C7H7Cl2N3O. The molecular weight excluding hydrogens is 213 g/mol. The average Bonchev–Trinajstić information content (AvgIpc) is 2.03. The summed E-state index contributed by atoms with van der Waals surface area (Å²) in [6.07, 6.45) is 1.57. The molecule has 1 aromatic heterocycles. The summed E-state index contributed by atoms with van der Waals surface area (Å²) in [4.78, 5) is 7.58. The van der Waals surface area contributed by atoms with Crippen LogP contribution < -0.4 is 10.1 Å². The molecule has 2 heterocycles. The molecule has 4 nitrogen and oxygen atoms in total. The number of ether oxygens (including phenoxy) is 1. The van der Waals surface area contributed by atoms with Crippen molar-refractivity contribution in [2.24, 2.45) is 0 Å². The van der Waals surface area contributed by atoms with Gasteiger partial charge in [0.2, 0.25) is 11.2 Å². The minimum absolute atomic E-state index is 0.142. The summed E-state index contributed by atoms with van der Waals surface area (Å²) in [6.45, 7) is 1.63. The second-order valence-electron chi connectivity index (χ2n) is 2.69. The fourth-order valence-electron chi connectivity index (χ4n) is 0.917. The number of halogens is 2. The van der Waals surface area contributed by atoms with Crippen molar-refractivity contribution in [1.82, 2.24) is 15.3 Å². The van der Waals surface area contributed by atoms with Gasteiger partial charge in [-0.05, 0) is 11.6 Å². The third-order valence-electron chi connectivity index (χ3n) is 1.70. The van der Waals surface area contributed by atoms with Crippen molar-refractivity contribution in [1.29, 1.82) is 0 Å². The van der Waals surface area contributed by atoms with Gasteiger partial charge in [-0.15, -0.1) is 0 Å². The molecule has 1 aliphatic heterocycles. The van der Waals surface area contributed by atoms with E-state index in [1.165, 1.54) is 6.20 Å². The number of nitrogens with zero attached hydrogens (tertiary/aromatic N) is 2. The molecule has 0 spiro atoms. The molecule has 0 unspecified atom stereocenters. The van der Waals surface area contributed by atoms with Gasteiger partial charge in [0.1, 0.15) is 11.1 Å². The van der Waals surface area contributed by atoms with Gasteiger partial charge >= 0.3 is 0 Å². The van der Waals surface area contributed by atoms with E-state index in [-0.39, 0.29) is 11.4 Å². The molecule has 0 saturated carbocycles. The number of rotatable bonds is 2. The van der Waals surface area contributed by atoms with Crippen molar-refractivity contribution >= 4 is 23.2 Å². The summed E-state index contributed by atoms with van der Waals surface area (Å²) in [6, 6.07) is 0. The van der Waals surface area contributed by atoms with Crippen molar-refractivity contribution in [3.05, 3.63) is 16.5 Å². The fraction of sp³-hybridized carbons (Fsp3) is 0.429. The van der Waals surface area contributed by atoms with Gasteiger partial charge in [0, 0.05) is 13.1 Å². The van der Waals surface area contributed by atoms with Crippen LogP contribution >= 0.6 is 23.2 Å². The van der Waals surface area contributed by atoms with Crippen LogP contribution in [0.25, 0.3) is 0 Å². The van der Waals surface area contributed by atoms with Crippen LogP contribution in [-0.4, -0.2) is 29.2 Å². The Morgan fingerprint density at radius 2 is 2.23 bits per heavy atom. The van der Waals surface area contributed by atoms with Gasteiger partial charge in [-0.1, -0.05) is 11.6 Å². The zero-order valence-electron chi connectivity index (χ0n) is 6.63. The Morgan fingerprint density at radius 1 is 1.46 bits per heavy atom. The van der Waals surface area contributed by atoms with Gasteiger partial charge in [-0.2, -0.15) is 4.98 Å². The van der Waals surface area contributed by atoms with E-state index < -0.39 is 0 Å². The standard InChI is InChI=1S/C7H7Cl2N3O/c8-5-3-11-7(9)12-6(5)13-4-1-10-2-4/h3-4,10H,1-2H2. The molecule has 70 valence electrons. The van der Waals surface area contributed by atoms with Gasteiger partial charge in [-0.3, -0.25) is 0 Å². The maximum atomic E-state index is 5.79. The molecule has 1 aromatic rings. The van der Waals surface area contributed by atoms with Crippen LogP contribution in [-0.2, 0) is 0 Å². The first-order chi connectivity index (χ1) is 6.25. The van der Waals surface area contributed by atoms with Crippen LogP contribution in [0.1, 0.15) is 0 Å². The summed E-state index contributed by atoms with van der Waals surface area (Å²) in [5.74, 6) is 0.355. The first-order valence-corrected chi connectivity index (χ1v) is 4.57. The van der Waals surface area contributed by atoms with Crippen LogP contribution in [0.15, 0.2) is 6.20 Å². The molecule has 1 N–H and O–H groups in total. The summed E-state index contributed by atoms with van der Waals surface area (Å²) < 4.78 is 5.43. The quantitative estimate of drug-likeness (QED) is 0.759. The molecule has 0 aromatic carbocycles. The highest BCUT2D eigenvalue weighted by Crippen LogP contribution is 2.23. The van der Waals surface area contributed by atoms with Crippen LogP contribution in [0.3, 0.4) is 0 Å². The topological polar surface area (TPSA) is 47.0 Å². The molecule has 0 amide bonds. The second kappa shape index (κ2) is 3.65. The Balaban J connectivity index is 2.13. The van der Waals surface area contributed by atoms with E-state index in [1.54, 1.807) is 0 Å². The van der Waals surface area contributed by atoms with Crippen LogP contribution in [0.2, 0.25) is 10.3 Å². The van der Waals surface area contributed by atoms with Gasteiger partial charge in [0.25, 0.3) is 0 Å². The number of aromatic nitrogens is 2. The third kappa shape index (κ3) is 2.02. The van der Waals surface area contributed by atoms with Crippen molar-refractivity contribution in [3.8, 4) is 5.88 Å². The summed E-state index contributed by atoms with van der Waals surface area (Å²) in [5.41, 5.74) is 0. The molecule has 13 heavy (non-hydrogen) atoms. The predicted octanol–water partition coefficient (Wildman–Crippen LogP) is 1.13. The predicted molar refractivity (Wildman–Crippen MR) is 49.3 cm³/mol. The lowest BCUT2D eigenvalue weighted by Gasteiger charge is -2.27. The van der Waals surface area contributed by atoms with E-state index in [9.17, 15) is 0 Å². The zero-order chi connectivity index (χ0) is 9.26. The number of hydrogen-bond donors (Lipinski definition) is 1. The third-order valence-corrected chi connectivity index (χ3v) is 2.15. The lowest BCUT2D eigenvalue weighted by molar-refractivity contribution is 0.136. The first kappa shape index (κ1) is 8.99. The number of nitrogens with one attached hydrogen (secondary N) is 1. The zero-order valence-corrected chi connectivity index (χ0v) is 8.14. The highest BCUT2D eigenvalue weighted by atomic mass is 35.5. The van der Waals surface area contributed by atoms with Crippen molar-refractivity contribution in [2.75, 3.05) is 13.1 Å². The Labute approximate surface area is 85.2 Å². The molecule has 0 radical (unpaired) electrons. The van der Waals surface area contributed by atoms with Gasteiger partial charge in [-0.25, -0.2) is 4.98 Å². The lowest BCUT2D eigenvalue weighted by atomic mass is 10.2. The Hall–Kier alpha value is -0.580. The molecule has 2 rings (SSSR count). The van der Waals surface area contributed by atoms with Gasteiger partial charge < -0.3 is 10.1 Å². The molecule has 1 saturated heterocycles. The lowest BCUT2D eigenvalue weighted by Crippen LogP contribution is -2.50. The van der Waals surface area contributed by atoms with E-state index in [4.69, 9.17) is 27.9 Å². The van der Waals surface area contributed by atoms with Crippen molar-refractivity contribution in [3.63, 3.8) is 0 Å². The highest BCUT2D eigenvalue weighted by Gasteiger charge is 2.20. The smallest absolute Gasteiger partial charge is 0.237 e. The Kier molecular flexibility index (Phi) is 2.53.